The zero-order valence-corrected chi connectivity index (χ0v) is 28.5. The second kappa shape index (κ2) is 12.1. The molecular weight excluding hydrogens is 590 g/mol. The number of allylic oxidation sites excluding steroid dienone is 10. The van der Waals surface area contributed by atoms with Gasteiger partial charge in [-0.2, -0.15) is 0 Å². The molecule has 0 aliphatic heterocycles. The number of fused-ring (bicyclic) bond motifs is 8. The van der Waals surface area contributed by atoms with Crippen LogP contribution < -0.4 is 5.32 Å². The third-order valence-electron chi connectivity index (χ3n) is 11.5. The highest BCUT2D eigenvalue weighted by Gasteiger charge is 2.53. The molecule has 0 aromatic heterocycles. The second-order valence-corrected chi connectivity index (χ2v) is 14.2. The molecule has 6 aliphatic carbocycles. The van der Waals surface area contributed by atoms with Gasteiger partial charge in [-0.25, -0.2) is 9.78 Å². The summed E-state index contributed by atoms with van der Waals surface area (Å²) >= 11 is 0. The van der Waals surface area contributed by atoms with E-state index in [-0.39, 0.29) is 17.6 Å². The van der Waals surface area contributed by atoms with Crippen molar-refractivity contribution in [1.82, 2.24) is 5.32 Å². The summed E-state index contributed by atoms with van der Waals surface area (Å²) < 4.78 is 6.17. The Morgan fingerprint density at radius 3 is 2.38 bits per heavy atom. The van der Waals surface area contributed by atoms with Crippen molar-refractivity contribution in [2.24, 2.45) is 11.3 Å². The van der Waals surface area contributed by atoms with E-state index in [1.54, 1.807) is 7.11 Å². The van der Waals surface area contributed by atoms with Gasteiger partial charge in [0.15, 0.2) is 0 Å². The zero-order chi connectivity index (χ0) is 33.0. The minimum Gasteiger partial charge on any atom is -0.376 e. The van der Waals surface area contributed by atoms with Crippen LogP contribution in [0.5, 0.6) is 0 Å². The van der Waals surface area contributed by atoms with Crippen molar-refractivity contribution in [3.05, 3.63) is 166 Å². The quantitative estimate of drug-likeness (QED) is 0.221. The summed E-state index contributed by atoms with van der Waals surface area (Å²) in [6.45, 7) is 10.5. The van der Waals surface area contributed by atoms with E-state index >= 15 is 0 Å². The topological polar surface area (TPSA) is 39.7 Å². The van der Waals surface area contributed by atoms with Gasteiger partial charge in [-0.05, 0) is 86.1 Å². The van der Waals surface area contributed by atoms with Gasteiger partial charge in [-0.1, -0.05) is 124 Å². The summed E-state index contributed by atoms with van der Waals surface area (Å²) in [5.74, 6) is 0.326. The van der Waals surface area contributed by atoms with Crippen LogP contribution in [0.15, 0.2) is 154 Å². The van der Waals surface area contributed by atoms with Gasteiger partial charge >= 0.3 is 0 Å². The molecule has 0 radical (unpaired) electrons. The van der Waals surface area contributed by atoms with Gasteiger partial charge in [0.1, 0.15) is 0 Å². The smallest absolute Gasteiger partial charge is 0.0891 e. The predicted octanol–water partition coefficient (Wildman–Crippen LogP) is 8.98. The van der Waals surface area contributed by atoms with Crippen LogP contribution in [-0.2, 0) is 19.9 Å². The highest BCUT2D eigenvalue weighted by molar-refractivity contribution is 5.90. The van der Waals surface area contributed by atoms with Crippen LogP contribution in [0.2, 0.25) is 0 Å². The number of hydrogen-bond donors (Lipinski definition) is 1. The average molecular weight is 636 g/mol. The predicted molar refractivity (Wildman–Crippen MR) is 194 cm³/mol. The fraction of sp³-hybridized carbons (Fsp3) is 0.318. The minimum atomic E-state index is -0.402. The third-order valence-corrected chi connectivity index (χ3v) is 11.5. The third kappa shape index (κ3) is 4.43. The lowest BCUT2D eigenvalue weighted by atomic mass is 9.68. The van der Waals surface area contributed by atoms with Gasteiger partial charge in [0.25, 0.3) is 0 Å². The van der Waals surface area contributed by atoms with E-state index in [4.69, 9.17) is 14.5 Å². The first kappa shape index (κ1) is 31.2. The molecule has 6 aliphatic rings. The molecule has 0 saturated heterocycles. The molecule has 4 heteroatoms. The van der Waals surface area contributed by atoms with E-state index in [1.165, 1.54) is 66.8 Å². The van der Waals surface area contributed by atoms with Crippen molar-refractivity contribution >= 4 is 0 Å². The van der Waals surface area contributed by atoms with Crippen LogP contribution >= 0.6 is 0 Å². The van der Waals surface area contributed by atoms with Crippen LogP contribution in [-0.4, -0.2) is 39.5 Å². The molecule has 244 valence electrons. The Kier molecular flexibility index (Phi) is 7.88. The highest BCUT2D eigenvalue weighted by atomic mass is 17.2. The van der Waals surface area contributed by atoms with Crippen LogP contribution in [0.4, 0.5) is 0 Å². The summed E-state index contributed by atoms with van der Waals surface area (Å²) in [5.41, 5.74) is 15.6. The van der Waals surface area contributed by atoms with Crippen molar-refractivity contribution in [2.75, 3.05) is 27.4 Å². The molecule has 3 atom stereocenters. The molecule has 48 heavy (non-hydrogen) atoms. The van der Waals surface area contributed by atoms with Crippen molar-refractivity contribution in [3.8, 4) is 11.1 Å². The highest BCUT2D eigenvalue weighted by Crippen LogP contribution is 2.63. The number of methoxy groups -OCH3 is 1. The van der Waals surface area contributed by atoms with Gasteiger partial charge in [0, 0.05) is 31.0 Å². The van der Waals surface area contributed by atoms with Gasteiger partial charge in [0.2, 0.25) is 0 Å². The first-order valence-corrected chi connectivity index (χ1v) is 17.4. The minimum absolute atomic E-state index is 0.00616. The summed E-state index contributed by atoms with van der Waals surface area (Å²) in [6, 6.07) is 18.0. The van der Waals surface area contributed by atoms with E-state index in [0.29, 0.717) is 12.5 Å². The molecule has 4 nitrogen and oxygen atoms in total. The van der Waals surface area contributed by atoms with Gasteiger partial charge in [-0.15, -0.1) is 0 Å². The molecule has 8 rings (SSSR count). The number of benzene rings is 2. The molecule has 0 fully saturated rings. The SMILES string of the molecule is C=CC1=C(/C=C\CNC2C=C3C(=CC2)C(C)(C)C2=C3C=CCC2COOC)C2=C(C=CCC2OC)C12c1ccccc1-c1ccccc12. The Labute approximate surface area is 285 Å². The average Bonchev–Trinajstić information content (AvgIpc) is 3.67. The molecule has 0 heterocycles. The second-order valence-electron chi connectivity index (χ2n) is 14.2. The van der Waals surface area contributed by atoms with E-state index in [1.807, 2.05) is 7.11 Å². The van der Waals surface area contributed by atoms with Crippen LogP contribution in [0.25, 0.3) is 11.1 Å². The van der Waals surface area contributed by atoms with E-state index in [2.05, 4.69) is 129 Å². The lowest BCUT2D eigenvalue weighted by molar-refractivity contribution is -0.278. The summed E-state index contributed by atoms with van der Waals surface area (Å²) in [4.78, 5) is 10.4. The fourth-order valence-corrected chi connectivity index (χ4v) is 9.69. The van der Waals surface area contributed by atoms with Gasteiger partial charge in [0.05, 0.1) is 25.2 Å². The Morgan fingerprint density at radius 1 is 0.938 bits per heavy atom. The maximum absolute atomic E-state index is 6.17. The Bertz CT molecular complexity index is 1890. The normalized spacial score (nSPS) is 25.7. The van der Waals surface area contributed by atoms with E-state index < -0.39 is 5.41 Å². The Balaban J connectivity index is 1.12. The Morgan fingerprint density at radius 2 is 1.67 bits per heavy atom. The summed E-state index contributed by atoms with van der Waals surface area (Å²) in [7, 11) is 3.43. The Hall–Kier alpha value is -4.06. The molecule has 3 unspecified atom stereocenters. The number of rotatable bonds is 9. The zero-order valence-electron chi connectivity index (χ0n) is 28.5. The lowest BCUT2D eigenvalue weighted by Gasteiger charge is -2.33. The first-order chi connectivity index (χ1) is 23.5. The molecule has 2 aromatic rings. The molecule has 0 bridgehead atoms. The maximum Gasteiger partial charge on any atom is 0.0891 e. The van der Waals surface area contributed by atoms with Gasteiger partial charge < -0.3 is 10.1 Å². The molecule has 0 saturated carbocycles. The monoisotopic (exact) mass is 635 g/mol. The largest absolute Gasteiger partial charge is 0.376 e. The summed E-state index contributed by atoms with van der Waals surface area (Å²) in [6.07, 6.45) is 23.7. The van der Waals surface area contributed by atoms with E-state index in [9.17, 15) is 0 Å². The standard InChI is InChI=1S/C44H45NO3/c1-6-35-33(18-13-25-45-29-23-24-36-34(26-29)32-17-11-14-28(27-48-47-5)42(32)43(36,2)3)41-39(21-12-22-40(41)46-4)44(35)37-19-9-7-15-30(37)31-16-8-10-20-38(31)44/h6-13,15-21,24,26,28-29,40,45H,1,14,22-23,25,27H2,2-5H3/b18-13-. The van der Waals surface area contributed by atoms with Crippen LogP contribution in [0, 0.1) is 11.3 Å². The molecule has 1 N–H and O–H groups in total. The lowest BCUT2D eigenvalue weighted by Crippen LogP contribution is -2.30. The maximum atomic E-state index is 6.17. The van der Waals surface area contributed by atoms with Crippen molar-refractivity contribution in [3.63, 3.8) is 0 Å². The molecule has 0 amide bonds. The van der Waals surface area contributed by atoms with E-state index in [0.717, 1.165) is 25.8 Å². The molecule has 2 aromatic carbocycles. The molecule has 1 spiro atoms. The van der Waals surface area contributed by atoms with Crippen molar-refractivity contribution in [2.45, 2.75) is 50.7 Å². The fourth-order valence-electron chi connectivity index (χ4n) is 9.69. The van der Waals surface area contributed by atoms with Crippen molar-refractivity contribution < 1.29 is 14.5 Å². The van der Waals surface area contributed by atoms with Crippen molar-refractivity contribution in [1.29, 1.82) is 0 Å². The van der Waals surface area contributed by atoms with Gasteiger partial charge in [-0.3, -0.25) is 0 Å². The van der Waals surface area contributed by atoms with Crippen LogP contribution in [0.3, 0.4) is 0 Å². The number of hydrogen-bond acceptors (Lipinski definition) is 4. The van der Waals surface area contributed by atoms with Crippen LogP contribution in [0.1, 0.15) is 44.2 Å². The first-order valence-electron chi connectivity index (χ1n) is 17.4. The number of ether oxygens (including phenoxy) is 1. The molecular formula is C44H45NO3. The number of nitrogens with one attached hydrogen (secondary N) is 1. The summed E-state index contributed by atoms with van der Waals surface area (Å²) in [5, 5.41) is 3.84.